The smallest absolute Gasteiger partial charge is 0.308 e. The minimum absolute atomic E-state index is 0.0872. The zero-order valence-corrected chi connectivity index (χ0v) is 17.2. The van der Waals surface area contributed by atoms with Crippen LogP contribution in [0.25, 0.3) is 0 Å². The molecule has 1 N–H and O–H groups in total. The van der Waals surface area contributed by atoms with E-state index in [1.807, 2.05) is 32.0 Å². The van der Waals surface area contributed by atoms with Crippen LogP contribution in [-0.2, 0) is 25.5 Å². The molecule has 0 saturated heterocycles. The molecule has 0 fully saturated rings. The SMILES string of the molecule is Cc1cccc(C)c1NC(=O)[C@@H](C)OC(=O)CCN1C(=O)Cc2ccccc2C1=O. The number of benzene rings is 2. The van der Waals surface area contributed by atoms with Gasteiger partial charge in [-0.3, -0.25) is 24.1 Å². The zero-order valence-electron chi connectivity index (χ0n) is 17.2. The minimum Gasteiger partial charge on any atom is -0.452 e. The summed E-state index contributed by atoms with van der Waals surface area (Å²) in [7, 11) is 0. The topological polar surface area (TPSA) is 92.8 Å². The van der Waals surface area contributed by atoms with E-state index < -0.39 is 23.9 Å². The number of esters is 1. The molecule has 0 aromatic heterocycles. The number of amides is 3. The van der Waals surface area contributed by atoms with Crippen molar-refractivity contribution < 1.29 is 23.9 Å². The van der Waals surface area contributed by atoms with E-state index in [1.165, 1.54) is 6.92 Å². The average molecular weight is 408 g/mol. The second-order valence-electron chi connectivity index (χ2n) is 7.32. The molecule has 0 aliphatic carbocycles. The molecule has 1 atom stereocenters. The summed E-state index contributed by atoms with van der Waals surface area (Å²) in [6.07, 6.45) is -1.07. The highest BCUT2D eigenvalue weighted by molar-refractivity contribution is 6.09. The van der Waals surface area contributed by atoms with Gasteiger partial charge in [0.25, 0.3) is 11.8 Å². The van der Waals surface area contributed by atoms with Crippen LogP contribution < -0.4 is 5.32 Å². The van der Waals surface area contributed by atoms with Gasteiger partial charge in [-0.15, -0.1) is 0 Å². The van der Waals surface area contributed by atoms with E-state index >= 15 is 0 Å². The second kappa shape index (κ2) is 8.90. The van der Waals surface area contributed by atoms with Gasteiger partial charge in [-0.2, -0.15) is 0 Å². The monoisotopic (exact) mass is 408 g/mol. The molecule has 2 aromatic carbocycles. The first kappa shape index (κ1) is 21.2. The number of carbonyl (C=O) groups excluding carboxylic acids is 4. The average Bonchev–Trinajstić information content (AvgIpc) is 2.70. The maximum atomic E-state index is 12.5. The number of nitrogens with zero attached hydrogens (tertiary/aromatic N) is 1. The normalized spacial score (nSPS) is 14.2. The Labute approximate surface area is 175 Å². The summed E-state index contributed by atoms with van der Waals surface area (Å²) in [4.78, 5) is 50.4. The first-order valence-corrected chi connectivity index (χ1v) is 9.77. The Kier molecular flexibility index (Phi) is 6.30. The standard InChI is InChI=1S/C23H24N2O5/c1-14-7-6-8-15(2)21(14)24-22(28)16(3)30-20(27)11-12-25-19(26)13-17-9-4-5-10-18(17)23(25)29/h4-10,16H,11-13H2,1-3H3,(H,24,28)/t16-/m1/s1. The van der Waals surface area contributed by atoms with Gasteiger partial charge in [0.15, 0.2) is 6.10 Å². The molecular weight excluding hydrogens is 384 g/mol. The van der Waals surface area contributed by atoms with Crippen molar-refractivity contribution in [3.05, 3.63) is 64.7 Å². The molecule has 0 unspecified atom stereocenters. The summed E-state index contributed by atoms with van der Waals surface area (Å²) >= 11 is 0. The Hall–Kier alpha value is -3.48. The van der Waals surface area contributed by atoms with Crippen LogP contribution in [0.4, 0.5) is 5.69 Å². The summed E-state index contributed by atoms with van der Waals surface area (Å²) in [6, 6.07) is 12.6. The molecule has 0 spiro atoms. The van der Waals surface area contributed by atoms with Crippen molar-refractivity contribution in [2.24, 2.45) is 0 Å². The van der Waals surface area contributed by atoms with Crippen LogP contribution in [0, 0.1) is 13.8 Å². The lowest BCUT2D eigenvalue weighted by Gasteiger charge is -2.26. The van der Waals surface area contributed by atoms with E-state index in [9.17, 15) is 19.2 Å². The summed E-state index contributed by atoms with van der Waals surface area (Å²) in [5.41, 5.74) is 3.65. The van der Waals surface area contributed by atoms with Crippen LogP contribution in [0.3, 0.4) is 0 Å². The van der Waals surface area contributed by atoms with Crippen molar-refractivity contribution in [2.75, 3.05) is 11.9 Å². The minimum atomic E-state index is -1.01. The Balaban J connectivity index is 1.55. The largest absolute Gasteiger partial charge is 0.452 e. The van der Waals surface area contributed by atoms with Crippen molar-refractivity contribution in [3.63, 3.8) is 0 Å². The van der Waals surface area contributed by atoms with E-state index in [2.05, 4.69) is 5.32 Å². The number of rotatable bonds is 6. The molecule has 0 saturated carbocycles. The fraction of sp³-hybridized carbons (Fsp3) is 0.304. The molecule has 1 aliphatic rings. The van der Waals surface area contributed by atoms with E-state index in [-0.39, 0.29) is 25.3 Å². The van der Waals surface area contributed by atoms with Gasteiger partial charge in [0.1, 0.15) is 0 Å². The molecule has 1 heterocycles. The number of nitrogens with one attached hydrogen (secondary N) is 1. The molecule has 1 aliphatic heterocycles. The molecule has 156 valence electrons. The molecule has 3 rings (SSSR count). The Morgan fingerprint density at radius 1 is 1.07 bits per heavy atom. The number of anilines is 1. The highest BCUT2D eigenvalue weighted by atomic mass is 16.5. The van der Waals surface area contributed by atoms with Gasteiger partial charge in [0.05, 0.1) is 12.8 Å². The lowest BCUT2D eigenvalue weighted by atomic mass is 9.98. The van der Waals surface area contributed by atoms with E-state index in [0.717, 1.165) is 16.0 Å². The van der Waals surface area contributed by atoms with Crippen LogP contribution in [0.5, 0.6) is 0 Å². The third kappa shape index (κ3) is 4.56. The van der Waals surface area contributed by atoms with Crippen molar-refractivity contribution in [1.82, 2.24) is 4.90 Å². The van der Waals surface area contributed by atoms with Crippen LogP contribution in [0.1, 0.15) is 40.4 Å². The number of para-hydroxylation sites is 1. The fourth-order valence-electron chi connectivity index (χ4n) is 3.38. The van der Waals surface area contributed by atoms with Crippen molar-refractivity contribution >= 4 is 29.4 Å². The third-order valence-electron chi connectivity index (χ3n) is 5.08. The van der Waals surface area contributed by atoms with Gasteiger partial charge in [-0.25, -0.2) is 0 Å². The number of fused-ring (bicyclic) bond motifs is 1. The van der Waals surface area contributed by atoms with E-state index in [4.69, 9.17) is 4.74 Å². The van der Waals surface area contributed by atoms with Crippen LogP contribution in [0.2, 0.25) is 0 Å². The molecule has 7 heteroatoms. The Morgan fingerprint density at radius 2 is 1.73 bits per heavy atom. The number of aryl methyl sites for hydroxylation is 2. The number of hydrogen-bond donors (Lipinski definition) is 1. The maximum absolute atomic E-state index is 12.5. The highest BCUT2D eigenvalue weighted by Crippen LogP contribution is 2.21. The zero-order chi connectivity index (χ0) is 21.8. The second-order valence-corrected chi connectivity index (χ2v) is 7.32. The molecule has 3 amide bonds. The third-order valence-corrected chi connectivity index (χ3v) is 5.08. The molecule has 7 nitrogen and oxygen atoms in total. The van der Waals surface area contributed by atoms with Crippen LogP contribution in [-0.4, -0.2) is 41.2 Å². The van der Waals surface area contributed by atoms with E-state index in [0.29, 0.717) is 16.8 Å². The number of carbonyl (C=O) groups is 4. The van der Waals surface area contributed by atoms with Crippen molar-refractivity contribution in [1.29, 1.82) is 0 Å². The summed E-state index contributed by atoms with van der Waals surface area (Å²) in [6.45, 7) is 5.15. The summed E-state index contributed by atoms with van der Waals surface area (Å²) in [5.74, 6) is -1.87. The van der Waals surface area contributed by atoms with Gasteiger partial charge in [0, 0.05) is 17.8 Å². The summed E-state index contributed by atoms with van der Waals surface area (Å²) < 4.78 is 5.19. The molecule has 0 bridgehead atoms. The van der Waals surface area contributed by atoms with Gasteiger partial charge >= 0.3 is 5.97 Å². The summed E-state index contributed by atoms with van der Waals surface area (Å²) in [5, 5.41) is 2.78. The molecule has 30 heavy (non-hydrogen) atoms. The highest BCUT2D eigenvalue weighted by Gasteiger charge is 2.31. The first-order chi connectivity index (χ1) is 14.3. The van der Waals surface area contributed by atoms with Gasteiger partial charge in [-0.1, -0.05) is 36.4 Å². The van der Waals surface area contributed by atoms with E-state index in [1.54, 1.807) is 24.3 Å². The molecular formula is C23H24N2O5. The van der Waals surface area contributed by atoms with Crippen molar-refractivity contribution in [3.8, 4) is 0 Å². The van der Waals surface area contributed by atoms with Gasteiger partial charge in [0.2, 0.25) is 5.91 Å². The van der Waals surface area contributed by atoms with Crippen LogP contribution >= 0.6 is 0 Å². The molecule has 0 radical (unpaired) electrons. The maximum Gasteiger partial charge on any atom is 0.308 e. The Bertz CT molecular complexity index is 994. The number of hydrogen-bond acceptors (Lipinski definition) is 5. The van der Waals surface area contributed by atoms with Crippen LogP contribution in [0.15, 0.2) is 42.5 Å². The van der Waals surface area contributed by atoms with Crippen molar-refractivity contribution in [2.45, 2.75) is 39.7 Å². The lowest BCUT2D eigenvalue weighted by molar-refractivity contribution is -0.153. The lowest BCUT2D eigenvalue weighted by Crippen LogP contribution is -2.43. The fourth-order valence-corrected chi connectivity index (χ4v) is 3.38. The predicted octanol–water partition coefficient (Wildman–Crippen LogP) is 2.79. The molecule has 2 aromatic rings. The van der Waals surface area contributed by atoms with Gasteiger partial charge < -0.3 is 10.1 Å². The quantitative estimate of drug-likeness (QED) is 0.586. The first-order valence-electron chi connectivity index (χ1n) is 9.77. The predicted molar refractivity (Wildman–Crippen MR) is 111 cm³/mol. The number of ether oxygens (including phenoxy) is 1. The number of imide groups is 1. The Morgan fingerprint density at radius 3 is 2.43 bits per heavy atom. The van der Waals surface area contributed by atoms with Gasteiger partial charge in [-0.05, 0) is 43.5 Å².